The predicted molar refractivity (Wildman–Crippen MR) is 173 cm³/mol. The summed E-state index contributed by atoms with van der Waals surface area (Å²) in [5, 5.41) is 12.3. The average Bonchev–Trinajstić information content (AvgIpc) is 3.84. The molecule has 1 unspecified atom stereocenters. The van der Waals surface area contributed by atoms with Crippen molar-refractivity contribution in [2.75, 3.05) is 13.2 Å². The molecule has 3 aromatic rings. The number of fused-ring (bicyclic) bond motifs is 2. The van der Waals surface area contributed by atoms with Gasteiger partial charge in [-0.3, -0.25) is 9.59 Å². The molecule has 1 aromatic heterocycles. The Morgan fingerprint density at radius 2 is 1.79 bits per heavy atom. The molecule has 2 N–H and O–H groups in total. The molecule has 8 nitrogen and oxygen atoms in total. The van der Waals surface area contributed by atoms with Gasteiger partial charge < -0.3 is 24.8 Å². The van der Waals surface area contributed by atoms with Gasteiger partial charge in [-0.05, 0) is 92.3 Å². The minimum absolute atomic E-state index is 0.00202. The molecular formula is C36H38ClF2N3O5. The quantitative estimate of drug-likeness (QED) is 0.147. The normalized spacial score (nSPS) is 18.7. The summed E-state index contributed by atoms with van der Waals surface area (Å²) in [6.45, 7) is 2.53. The van der Waals surface area contributed by atoms with Crippen LogP contribution in [0.15, 0.2) is 54.2 Å². The van der Waals surface area contributed by atoms with Crippen LogP contribution in [0.2, 0.25) is 5.02 Å². The first-order valence-electron chi connectivity index (χ1n) is 16.1. The van der Waals surface area contributed by atoms with E-state index in [2.05, 4.69) is 34.6 Å². The molecule has 2 bridgehead atoms. The van der Waals surface area contributed by atoms with E-state index in [1.807, 2.05) is 17.9 Å². The molecule has 2 fully saturated rings. The average molecular weight is 666 g/mol. The van der Waals surface area contributed by atoms with Crippen LogP contribution in [0.1, 0.15) is 67.2 Å². The number of aryl methyl sites for hydroxylation is 1. The van der Waals surface area contributed by atoms with E-state index in [-0.39, 0.29) is 48.4 Å². The molecular weight excluding hydrogens is 628 g/mol. The summed E-state index contributed by atoms with van der Waals surface area (Å²) in [6, 6.07) is 12.6. The lowest BCUT2D eigenvalue weighted by Crippen LogP contribution is -2.44. The highest BCUT2D eigenvalue weighted by Crippen LogP contribution is 2.40. The second kappa shape index (κ2) is 14.4. The molecule has 248 valence electrons. The zero-order chi connectivity index (χ0) is 33.1. The van der Waals surface area contributed by atoms with Crippen molar-refractivity contribution in [1.82, 2.24) is 15.2 Å². The van der Waals surface area contributed by atoms with Crippen LogP contribution in [0.3, 0.4) is 0 Å². The summed E-state index contributed by atoms with van der Waals surface area (Å²) < 4.78 is 38.8. The van der Waals surface area contributed by atoms with Crippen LogP contribution in [0.5, 0.6) is 11.6 Å². The van der Waals surface area contributed by atoms with Gasteiger partial charge in [0.2, 0.25) is 5.88 Å². The van der Waals surface area contributed by atoms with E-state index >= 15 is 0 Å². The summed E-state index contributed by atoms with van der Waals surface area (Å²) in [6.07, 6.45) is 7.41. The fraction of sp³-hybridized carbons (Fsp3) is 0.417. The highest BCUT2D eigenvalue weighted by Gasteiger charge is 2.42. The lowest BCUT2D eigenvalue weighted by molar-refractivity contribution is -0.137. The van der Waals surface area contributed by atoms with Crippen molar-refractivity contribution in [1.29, 1.82) is 0 Å². The Hall–Kier alpha value is -4.02. The highest BCUT2D eigenvalue weighted by atomic mass is 35.5. The lowest BCUT2D eigenvalue weighted by atomic mass is 9.88. The zero-order valence-corrected chi connectivity index (χ0v) is 27.0. The SMILES string of the molecule is Cc1c(CN(C(=O)C2=C(c3ccc(CCCOc4c(F)ccc(F)c4Cl)cc3)C[C@@H]3CCC2N3)C2CC2)ccnc1OCCC(=O)O. The second-order valence-electron chi connectivity index (χ2n) is 12.5. The fourth-order valence-corrected chi connectivity index (χ4v) is 6.69. The molecule has 1 saturated carbocycles. The van der Waals surface area contributed by atoms with Crippen molar-refractivity contribution < 1.29 is 33.0 Å². The van der Waals surface area contributed by atoms with Crippen molar-refractivity contribution in [2.24, 2.45) is 0 Å². The Kier molecular flexibility index (Phi) is 10.1. The standard InChI is InChI=1S/C36H38ClF2N3O5/c1-21-24(14-16-40-35(21)47-18-15-31(43)44)20-42(26-9-10-26)36(45)32-27(19-25-8-13-30(32)41-25)23-6-4-22(5-7-23)3-2-17-46-34-29(39)12-11-28(38)33(34)37/h4-7,11-12,14,16,25-26,30,41H,2-3,8-10,13,15,17-20H2,1H3,(H,43,44)/t25-,30?/m0/s1. The molecule has 1 amide bonds. The van der Waals surface area contributed by atoms with E-state index < -0.39 is 17.6 Å². The number of ether oxygens (including phenoxy) is 2. The Balaban J connectivity index is 1.17. The van der Waals surface area contributed by atoms with Crippen LogP contribution < -0.4 is 14.8 Å². The van der Waals surface area contributed by atoms with Gasteiger partial charge in [-0.1, -0.05) is 35.9 Å². The van der Waals surface area contributed by atoms with Gasteiger partial charge in [-0.25, -0.2) is 13.8 Å². The minimum atomic E-state index is -0.936. The van der Waals surface area contributed by atoms with E-state index in [0.29, 0.717) is 31.3 Å². The third-order valence-corrected chi connectivity index (χ3v) is 9.52. The van der Waals surface area contributed by atoms with Gasteiger partial charge in [-0.15, -0.1) is 0 Å². The molecule has 0 spiro atoms. The van der Waals surface area contributed by atoms with Crippen molar-refractivity contribution in [2.45, 2.75) is 83.0 Å². The molecule has 2 atom stereocenters. The lowest BCUT2D eigenvalue weighted by Gasteiger charge is -2.32. The maximum absolute atomic E-state index is 14.5. The molecule has 47 heavy (non-hydrogen) atoms. The number of amides is 1. The zero-order valence-electron chi connectivity index (χ0n) is 26.2. The van der Waals surface area contributed by atoms with Crippen molar-refractivity contribution >= 4 is 29.1 Å². The summed E-state index contributed by atoms with van der Waals surface area (Å²) in [7, 11) is 0. The molecule has 11 heteroatoms. The van der Waals surface area contributed by atoms with Gasteiger partial charge >= 0.3 is 5.97 Å². The molecule has 0 radical (unpaired) electrons. The molecule has 6 rings (SSSR count). The van der Waals surface area contributed by atoms with Gasteiger partial charge in [0.15, 0.2) is 11.6 Å². The van der Waals surface area contributed by atoms with Crippen LogP contribution in [0.4, 0.5) is 8.78 Å². The number of carbonyl (C=O) groups excluding carboxylic acids is 1. The number of hydrogen-bond acceptors (Lipinski definition) is 6. The molecule has 1 saturated heterocycles. The fourth-order valence-electron chi connectivity index (χ4n) is 6.49. The predicted octanol–water partition coefficient (Wildman–Crippen LogP) is 6.66. The first-order chi connectivity index (χ1) is 22.7. The molecule has 3 heterocycles. The number of nitrogens with zero attached hydrogens (tertiary/aromatic N) is 2. The number of hydrogen-bond donors (Lipinski definition) is 2. The number of aromatic nitrogens is 1. The first-order valence-corrected chi connectivity index (χ1v) is 16.5. The van der Waals surface area contributed by atoms with E-state index in [9.17, 15) is 18.4 Å². The molecule has 2 aliphatic heterocycles. The number of carbonyl (C=O) groups is 2. The van der Waals surface area contributed by atoms with Gasteiger partial charge in [0.1, 0.15) is 17.4 Å². The first kappa shape index (κ1) is 32.9. The van der Waals surface area contributed by atoms with Gasteiger partial charge in [0.25, 0.3) is 5.91 Å². The number of benzene rings is 2. The minimum Gasteiger partial charge on any atom is -0.489 e. The molecule has 3 aliphatic rings. The van der Waals surface area contributed by atoms with E-state index in [4.69, 9.17) is 26.2 Å². The maximum Gasteiger partial charge on any atom is 0.306 e. The Morgan fingerprint density at radius 3 is 2.53 bits per heavy atom. The van der Waals surface area contributed by atoms with Gasteiger partial charge in [-0.2, -0.15) is 0 Å². The number of nitrogens with one attached hydrogen (secondary N) is 1. The highest BCUT2D eigenvalue weighted by molar-refractivity contribution is 6.32. The van der Waals surface area contributed by atoms with Gasteiger partial charge in [0, 0.05) is 42.0 Å². The van der Waals surface area contributed by atoms with Crippen LogP contribution in [0, 0.1) is 18.6 Å². The number of halogens is 3. The largest absolute Gasteiger partial charge is 0.489 e. The maximum atomic E-state index is 14.5. The summed E-state index contributed by atoms with van der Waals surface area (Å²) in [4.78, 5) is 31.7. The topological polar surface area (TPSA) is 101 Å². The number of rotatable bonds is 14. The van der Waals surface area contributed by atoms with Crippen LogP contribution in [-0.4, -0.2) is 58.2 Å². The van der Waals surface area contributed by atoms with Crippen molar-refractivity contribution in [3.8, 4) is 11.6 Å². The van der Waals surface area contributed by atoms with Crippen molar-refractivity contribution in [3.63, 3.8) is 0 Å². The third kappa shape index (κ3) is 7.60. The number of carboxylic acids is 1. The van der Waals surface area contributed by atoms with Crippen molar-refractivity contribution in [3.05, 3.63) is 93.1 Å². The van der Waals surface area contributed by atoms with Crippen LogP contribution >= 0.6 is 11.6 Å². The Morgan fingerprint density at radius 1 is 1.02 bits per heavy atom. The van der Waals surface area contributed by atoms with Crippen LogP contribution in [-0.2, 0) is 22.6 Å². The van der Waals surface area contributed by atoms with E-state index in [0.717, 1.165) is 77.6 Å². The van der Waals surface area contributed by atoms with Crippen LogP contribution in [0.25, 0.3) is 5.57 Å². The van der Waals surface area contributed by atoms with Gasteiger partial charge in [0.05, 0.1) is 13.0 Å². The summed E-state index contributed by atoms with van der Waals surface area (Å²) in [5.41, 5.74) is 5.76. The third-order valence-electron chi connectivity index (χ3n) is 9.17. The van der Waals surface area contributed by atoms with E-state index in [1.165, 1.54) is 0 Å². The van der Waals surface area contributed by atoms with E-state index in [1.54, 1.807) is 6.20 Å². The smallest absolute Gasteiger partial charge is 0.306 e. The summed E-state index contributed by atoms with van der Waals surface area (Å²) >= 11 is 5.86. The number of carboxylic acid groups (broad SMARTS) is 1. The monoisotopic (exact) mass is 665 g/mol. The second-order valence-corrected chi connectivity index (χ2v) is 12.8. The Labute approximate surface area is 277 Å². The summed E-state index contributed by atoms with van der Waals surface area (Å²) in [5.74, 6) is -2.18. The molecule has 2 aromatic carbocycles. The Bertz CT molecular complexity index is 1680. The number of aliphatic carboxylic acids is 1. The molecule has 1 aliphatic carbocycles. The number of pyridine rings is 1.